The zero-order valence-electron chi connectivity index (χ0n) is 11.4. The Balaban J connectivity index is 1.70. The molecule has 3 nitrogen and oxygen atoms in total. The van der Waals surface area contributed by atoms with E-state index < -0.39 is 0 Å². The minimum atomic E-state index is 0.396. The maximum Gasteiger partial charge on any atom is 0.225 e. The van der Waals surface area contributed by atoms with Crippen LogP contribution in [0.5, 0.6) is 0 Å². The van der Waals surface area contributed by atoms with Crippen molar-refractivity contribution in [3.05, 3.63) is 0 Å². The van der Waals surface area contributed by atoms with Crippen LogP contribution in [0.3, 0.4) is 0 Å². The number of rotatable bonds is 2. The third-order valence-electron chi connectivity index (χ3n) is 4.94. The normalized spacial score (nSPS) is 31.1. The molecule has 0 bridgehead atoms. The fraction of sp³-hybridized carbons (Fsp3) is 0.933. The highest BCUT2D eigenvalue weighted by Gasteiger charge is 2.39. The van der Waals surface area contributed by atoms with Gasteiger partial charge in [0.15, 0.2) is 0 Å². The zero-order valence-corrected chi connectivity index (χ0v) is 11.4. The van der Waals surface area contributed by atoms with E-state index in [-0.39, 0.29) is 0 Å². The van der Waals surface area contributed by atoms with Crippen molar-refractivity contribution in [2.45, 2.75) is 57.4 Å². The summed E-state index contributed by atoms with van der Waals surface area (Å²) in [5.41, 5.74) is 0. The number of hydrogen-bond donors (Lipinski definition) is 1. The van der Waals surface area contributed by atoms with Gasteiger partial charge in [-0.25, -0.2) is 0 Å². The summed E-state index contributed by atoms with van der Waals surface area (Å²) in [6, 6.07) is 0.558. The van der Waals surface area contributed by atoms with Crippen molar-refractivity contribution in [2.75, 3.05) is 19.6 Å². The number of amides is 1. The summed E-state index contributed by atoms with van der Waals surface area (Å²) in [7, 11) is 0. The summed E-state index contributed by atoms with van der Waals surface area (Å²) in [6.07, 6.45) is 9.93. The Morgan fingerprint density at radius 1 is 0.944 bits per heavy atom. The second-order valence-electron chi connectivity index (χ2n) is 6.31. The predicted octanol–water partition coefficient (Wildman–Crippen LogP) is 2.17. The number of hydrogen-bond acceptors (Lipinski definition) is 2. The highest BCUT2D eigenvalue weighted by Crippen LogP contribution is 2.35. The van der Waals surface area contributed by atoms with Gasteiger partial charge in [-0.2, -0.15) is 0 Å². The summed E-state index contributed by atoms with van der Waals surface area (Å²) < 4.78 is 0. The van der Waals surface area contributed by atoms with Crippen LogP contribution in [0, 0.1) is 11.8 Å². The molecule has 3 rings (SSSR count). The average molecular weight is 250 g/mol. The zero-order chi connectivity index (χ0) is 12.4. The molecule has 2 aliphatic heterocycles. The Labute approximate surface area is 110 Å². The van der Waals surface area contributed by atoms with Crippen LogP contribution < -0.4 is 5.32 Å². The van der Waals surface area contributed by atoms with Crippen molar-refractivity contribution < 1.29 is 4.79 Å². The Morgan fingerprint density at radius 2 is 1.72 bits per heavy atom. The molecule has 18 heavy (non-hydrogen) atoms. The van der Waals surface area contributed by atoms with Gasteiger partial charge in [0.05, 0.1) is 0 Å². The van der Waals surface area contributed by atoms with Gasteiger partial charge >= 0.3 is 0 Å². The first kappa shape index (κ1) is 12.5. The number of piperidine rings is 1. The van der Waals surface area contributed by atoms with Crippen LogP contribution >= 0.6 is 0 Å². The van der Waals surface area contributed by atoms with Crippen LogP contribution in [0.1, 0.15) is 51.4 Å². The lowest BCUT2D eigenvalue weighted by Crippen LogP contribution is -2.47. The lowest BCUT2D eigenvalue weighted by molar-refractivity contribution is -0.136. The van der Waals surface area contributed by atoms with Gasteiger partial charge in [-0.1, -0.05) is 12.8 Å². The van der Waals surface area contributed by atoms with Crippen molar-refractivity contribution in [3.8, 4) is 0 Å². The third-order valence-corrected chi connectivity index (χ3v) is 4.94. The number of carbonyl (C=O) groups is 1. The third kappa shape index (κ3) is 2.71. The number of carbonyl (C=O) groups excluding carboxylic acids is 1. The van der Waals surface area contributed by atoms with Crippen LogP contribution in [-0.2, 0) is 4.79 Å². The van der Waals surface area contributed by atoms with Crippen molar-refractivity contribution in [3.63, 3.8) is 0 Å². The van der Waals surface area contributed by atoms with E-state index in [1.165, 1.54) is 38.5 Å². The molecule has 3 heteroatoms. The Bertz CT molecular complexity index is 295. The van der Waals surface area contributed by atoms with Gasteiger partial charge in [-0.15, -0.1) is 0 Å². The SMILES string of the molecule is O=C(C1CC1)N1CCCCC[C@H]1C1CCNCC1. The first-order valence-corrected chi connectivity index (χ1v) is 7.87. The summed E-state index contributed by atoms with van der Waals surface area (Å²) in [6.45, 7) is 3.32. The minimum absolute atomic E-state index is 0.396. The van der Waals surface area contributed by atoms with Crippen molar-refractivity contribution in [1.29, 1.82) is 0 Å². The van der Waals surface area contributed by atoms with Gasteiger partial charge in [0.25, 0.3) is 0 Å². The van der Waals surface area contributed by atoms with Gasteiger partial charge < -0.3 is 10.2 Å². The number of nitrogens with one attached hydrogen (secondary N) is 1. The summed E-state index contributed by atoms with van der Waals surface area (Å²) in [5.74, 6) is 1.64. The molecule has 102 valence electrons. The van der Waals surface area contributed by atoms with E-state index in [4.69, 9.17) is 0 Å². The largest absolute Gasteiger partial charge is 0.339 e. The van der Waals surface area contributed by atoms with E-state index in [1.54, 1.807) is 0 Å². The van der Waals surface area contributed by atoms with E-state index in [1.807, 2.05) is 0 Å². The molecule has 0 radical (unpaired) electrons. The molecule has 1 saturated carbocycles. The summed E-state index contributed by atoms with van der Waals surface area (Å²) >= 11 is 0. The van der Waals surface area contributed by atoms with Gasteiger partial charge in [0, 0.05) is 18.5 Å². The van der Waals surface area contributed by atoms with Gasteiger partial charge in [-0.05, 0) is 57.5 Å². The molecule has 0 aromatic heterocycles. The summed E-state index contributed by atoms with van der Waals surface area (Å²) in [4.78, 5) is 14.8. The van der Waals surface area contributed by atoms with Crippen LogP contribution in [-0.4, -0.2) is 36.5 Å². The fourth-order valence-electron chi connectivity index (χ4n) is 3.69. The lowest BCUT2D eigenvalue weighted by Gasteiger charge is -2.38. The molecule has 0 unspecified atom stereocenters. The van der Waals surface area contributed by atoms with Gasteiger partial charge in [0.1, 0.15) is 0 Å². The lowest BCUT2D eigenvalue weighted by atomic mass is 9.86. The molecule has 1 aliphatic carbocycles. The molecule has 0 aromatic carbocycles. The Kier molecular flexibility index (Phi) is 3.88. The van der Waals surface area contributed by atoms with E-state index in [0.29, 0.717) is 17.9 Å². The molecule has 1 atom stereocenters. The summed E-state index contributed by atoms with van der Waals surface area (Å²) in [5, 5.41) is 3.45. The maximum absolute atomic E-state index is 12.5. The van der Waals surface area contributed by atoms with Crippen LogP contribution in [0.4, 0.5) is 0 Å². The van der Waals surface area contributed by atoms with Gasteiger partial charge in [0.2, 0.25) is 5.91 Å². The van der Waals surface area contributed by atoms with Crippen LogP contribution in [0.15, 0.2) is 0 Å². The smallest absolute Gasteiger partial charge is 0.225 e. The standard InChI is InChI=1S/C15H26N2O/c18-15(13-5-6-13)17-11-3-1-2-4-14(17)12-7-9-16-10-8-12/h12-14,16H,1-11H2/t14-/m0/s1. The molecule has 3 fully saturated rings. The first-order chi connectivity index (χ1) is 8.86. The second kappa shape index (κ2) is 5.60. The molecule has 1 amide bonds. The van der Waals surface area contributed by atoms with Crippen LogP contribution in [0.2, 0.25) is 0 Å². The maximum atomic E-state index is 12.5. The molecule has 2 saturated heterocycles. The molecule has 2 heterocycles. The number of nitrogens with zero attached hydrogens (tertiary/aromatic N) is 1. The molecular formula is C15H26N2O. The molecular weight excluding hydrogens is 224 g/mol. The van der Waals surface area contributed by atoms with Crippen molar-refractivity contribution in [1.82, 2.24) is 10.2 Å². The second-order valence-corrected chi connectivity index (χ2v) is 6.31. The molecule has 3 aliphatic rings. The highest BCUT2D eigenvalue weighted by molar-refractivity contribution is 5.81. The Morgan fingerprint density at radius 3 is 2.44 bits per heavy atom. The minimum Gasteiger partial charge on any atom is -0.339 e. The van der Waals surface area contributed by atoms with Crippen LogP contribution in [0.25, 0.3) is 0 Å². The molecule has 0 aromatic rings. The van der Waals surface area contributed by atoms with Gasteiger partial charge in [-0.3, -0.25) is 4.79 Å². The van der Waals surface area contributed by atoms with E-state index in [0.717, 1.165) is 38.4 Å². The van der Waals surface area contributed by atoms with Crippen molar-refractivity contribution in [2.24, 2.45) is 11.8 Å². The predicted molar refractivity (Wildman–Crippen MR) is 72.3 cm³/mol. The Hall–Kier alpha value is -0.570. The molecule has 0 spiro atoms. The highest BCUT2D eigenvalue weighted by atomic mass is 16.2. The monoisotopic (exact) mass is 250 g/mol. The van der Waals surface area contributed by atoms with E-state index in [9.17, 15) is 4.79 Å². The number of likely N-dealkylation sites (tertiary alicyclic amines) is 1. The van der Waals surface area contributed by atoms with Crippen molar-refractivity contribution >= 4 is 5.91 Å². The van der Waals surface area contributed by atoms with E-state index >= 15 is 0 Å². The topological polar surface area (TPSA) is 32.3 Å². The molecule has 1 N–H and O–H groups in total. The quantitative estimate of drug-likeness (QED) is 0.814. The fourth-order valence-corrected chi connectivity index (χ4v) is 3.69. The average Bonchev–Trinajstić information content (AvgIpc) is 3.25. The first-order valence-electron chi connectivity index (χ1n) is 7.87. The van der Waals surface area contributed by atoms with E-state index in [2.05, 4.69) is 10.2 Å².